The van der Waals surface area contributed by atoms with Crippen LogP contribution in [0.3, 0.4) is 0 Å². The molecule has 1 heterocycles. The van der Waals surface area contributed by atoms with Crippen molar-refractivity contribution in [1.29, 1.82) is 0 Å². The number of aromatic nitrogens is 1. The fourth-order valence-electron chi connectivity index (χ4n) is 2.52. The summed E-state index contributed by atoms with van der Waals surface area (Å²) < 4.78 is 0. The molecule has 0 bridgehead atoms. The van der Waals surface area contributed by atoms with Gasteiger partial charge in [0.25, 0.3) is 0 Å². The van der Waals surface area contributed by atoms with Crippen molar-refractivity contribution < 1.29 is 5.11 Å². The van der Waals surface area contributed by atoms with Gasteiger partial charge in [0.2, 0.25) is 0 Å². The van der Waals surface area contributed by atoms with Gasteiger partial charge in [-0.3, -0.25) is 4.98 Å². The van der Waals surface area contributed by atoms with Crippen molar-refractivity contribution in [2.75, 3.05) is 0 Å². The van der Waals surface area contributed by atoms with E-state index in [4.69, 9.17) is 0 Å². The number of nitrogens with zero attached hydrogens (tertiary/aromatic N) is 1. The lowest BCUT2D eigenvalue weighted by Gasteiger charge is -2.54. The summed E-state index contributed by atoms with van der Waals surface area (Å²) in [4.78, 5) is 4.28. The molecule has 87 valence electrons. The number of hydrogen-bond acceptors (Lipinski definition) is 2. The summed E-state index contributed by atoms with van der Waals surface area (Å²) >= 11 is 0. The predicted octanol–water partition coefficient (Wildman–Crippen LogP) is 3.15. The highest BCUT2D eigenvalue weighted by Gasteiger charge is 2.52. The van der Waals surface area contributed by atoms with Gasteiger partial charge in [-0.25, -0.2) is 0 Å². The summed E-state index contributed by atoms with van der Waals surface area (Å²) in [5, 5.41) is 10.5. The molecule has 1 aliphatic carbocycles. The van der Waals surface area contributed by atoms with Crippen LogP contribution in [0.2, 0.25) is 0 Å². The summed E-state index contributed by atoms with van der Waals surface area (Å²) in [5.74, 6) is 0. The van der Waals surface area contributed by atoms with Crippen molar-refractivity contribution >= 4 is 0 Å². The van der Waals surface area contributed by atoms with Crippen LogP contribution in [-0.2, 0) is 0 Å². The Morgan fingerprint density at radius 1 is 1.31 bits per heavy atom. The predicted molar refractivity (Wildman–Crippen MR) is 64.6 cm³/mol. The quantitative estimate of drug-likeness (QED) is 0.827. The number of rotatable bonds is 2. The molecule has 1 aromatic heterocycles. The minimum Gasteiger partial charge on any atom is -0.386 e. The lowest BCUT2D eigenvalue weighted by Crippen LogP contribution is -2.47. The van der Waals surface area contributed by atoms with E-state index in [-0.39, 0.29) is 10.8 Å². The number of aliphatic hydroxyl groups is 1. The Bertz CT molecular complexity index is 349. The van der Waals surface area contributed by atoms with Crippen LogP contribution < -0.4 is 0 Å². The maximum atomic E-state index is 10.5. The molecule has 1 aliphatic rings. The topological polar surface area (TPSA) is 33.1 Å². The van der Waals surface area contributed by atoms with Crippen LogP contribution in [-0.4, -0.2) is 10.1 Å². The van der Waals surface area contributed by atoms with Crippen molar-refractivity contribution in [2.24, 2.45) is 10.8 Å². The van der Waals surface area contributed by atoms with Crippen LogP contribution >= 0.6 is 0 Å². The molecule has 0 spiro atoms. The summed E-state index contributed by atoms with van der Waals surface area (Å²) in [6.07, 6.45) is 5.50. The van der Waals surface area contributed by atoms with E-state index in [9.17, 15) is 5.11 Å². The van der Waals surface area contributed by atoms with E-state index >= 15 is 0 Å². The van der Waals surface area contributed by atoms with E-state index in [0.717, 1.165) is 18.5 Å². The van der Waals surface area contributed by atoms with E-state index in [2.05, 4.69) is 32.2 Å². The van der Waals surface area contributed by atoms with Gasteiger partial charge in [-0.05, 0) is 36.8 Å². The number of aliphatic hydroxyl groups excluding tert-OH is 1. The van der Waals surface area contributed by atoms with Gasteiger partial charge in [0.1, 0.15) is 6.10 Å². The minimum absolute atomic E-state index is 0.0403. The molecule has 0 amide bonds. The zero-order valence-electron chi connectivity index (χ0n) is 10.3. The molecule has 0 aliphatic heterocycles. The van der Waals surface area contributed by atoms with Gasteiger partial charge >= 0.3 is 0 Å². The van der Waals surface area contributed by atoms with Crippen molar-refractivity contribution in [3.8, 4) is 0 Å². The monoisotopic (exact) mass is 218 g/mol. The molecule has 1 unspecified atom stereocenters. The highest BCUT2D eigenvalue weighted by Crippen LogP contribution is 2.59. The van der Waals surface area contributed by atoms with E-state index in [1.165, 1.54) is 0 Å². The maximum absolute atomic E-state index is 10.5. The zero-order valence-corrected chi connectivity index (χ0v) is 10.3. The molecule has 1 atom stereocenters. The van der Waals surface area contributed by atoms with Gasteiger partial charge in [-0.15, -0.1) is 0 Å². The third-order valence-corrected chi connectivity index (χ3v) is 4.00. The van der Waals surface area contributed by atoms with Crippen LogP contribution in [0.4, 0.5) is 0 Å². The second kappa shape index (κ2) is 3.85. The smallest absolute Gasteiger partial charge is 0.102 e. The maximum Gasteiger partial charge on any atom is 0.102 e. The van der Waals surface area contributed by atoms with Crippen LogP contribution in [0.1, 0.15) is 45.4 Å². The first-order valence-electron chi connectivity index (χ1n) is 5.88. The average molecular weight is 218 g/mol. The lowest BCUT2D eigenvalue weighted by molar-refractivity contribution is -0.0916. The van der Waals surface area contributed by atoms with Crippen LogP contribution in [0, 0.1) is 17.3 Å². The standard InChI is InChI=1S/C14H20NO/c1-13(2,3)14(8-6-9-14)12(16)11-7-4-5-10-15-11/h4-7,10,12,16H,8-9H2,1-3H3. The first-order chi connectivity index (χ1) is 7.47. The lowest BCUT2D eigenvalue weighted by atomic mass is 9.52. The van der Waals surface area contributed by atoms with Crippen LogP contribution in [0.5, 0.6) is 0 Å². The molecular formula is C14H20NO. The molecule has 16 heavy (non-hydrogen) atoms. The molecule has 1 radical (unpaired) electrons. The highest BCUT2D eigenvalue weighted by molar-refractivity contribution is 5.17. The second-order valence-electron chi connectivity index (χ2n) is 5.76. The molecule has 1 saturated carbocycles. The molecule has 1 aromatic rings. The Labute approximate surface area is 97.7 Å². The van der Waals surface area contributed by atoms with Crippen molar-refractivity contribution in [3.63, 3.8) is 0 Å². The van der Waals surface area contributed by atoms with Gasteiger partial charge in [0, 0.05) is 11.6 Å². The van der Waals surface area contributed by atoms with Crippen LogP contribution in [0.25, 0.3) is 0 Å². The summed E-state index contributed by atoms with van der Waals surface area (Å²) in [7, 11) is 0. The molecule has 0 saturated heterocycles. The van der Waals surface area contributed by atoms with Crippen LogP contribution in [0.15, 0.2) is 24.4 Å². The largest absolute Gasteiger partial charge is 0.386 e. The summed E-state index contributed by atoms with van der Waals surface area (Å²) in [6.45, 7) is 6.60. The first-order valence-corrected chi connectivity index (χ1v) is 5.88. The van der Waals surface area contributed by atoms with Crippen molar-refractivity contribution in [2.45, 2.75) is 39.7 Å². The minimum atomic E-state index is -0.460. The van der Waals surface area contributed by atoms with Crippen molar-refractivity contribution in [1.82, 2.24) is 4.98 Å². The Morgan fingerprint density at radius 2 is 2.00 bits per heavy atom. The Balaban J connectivity index is 2.30. The third-order valence-electron chi connectivity index (χ3n) is 4.00. The molecule has 2 nitrogen and oxygen atoms in total. The van der Waals surface area contributed by atoms with E-state index in [0.29, 0.717) is 0 Å². The molecule has 1 N–H and O–H groups in total. The average Bonchev–Trinajstić information content (AvgIpc) is 2.15. The van der Waals surface area contributed by atoms with Gasteiger partial charge < -0.3 is 5.11 Å². The molecule has 2 heteroatoms. The fourth-order valence-corrected chi connectivity index (χ4v) is 2.52. The fraction of sp³-hybridized carbons (Fsp3) is 0.571. The molecule has 0 aromatic carbocycles. The van der Waals surface area contributed by atoms with Crippen molar-refractivity contribution in [3.05, 3.63) is 36.5 Å². The van der Waals surface area contributed by atoms with Gasteiger partial charge in [-0.1, -0.05) is 26.8 Å². The highest BCUT2D eigenvalue weighted by atomic mass is 16.3. The molecular weight excluding hydrogens is 198 g/mol. The first kappa shape index (κ1) is 11.6. The Kier molecular flexibility index (Phi) is 2.79. The second-order valence-corrected chi connectivity index (χ2v) is 5.76. The number of hydrogen-bond donors (Lipinski definition) is 1. The third kappa shape index (κ3) is 1.65. The van der Waals surface area contributed by atoms with E-state index in [1.54, 1.807) is 6.20 Å². The zero-order chi connectivity index (χ0) is 11.8. The summed E-state index contributed by atoms with van der Waals surface area (Å²) in [5.41, 5.74) is 0.852. The Hall–Kier alpha value is -0.890. The molecule has 1 fully saturated rings. The van der Waals surface area contributed by atoms with Gasteiger partial charge in [0.15, 0.2) is 0 Å². The van der Waals surface area contributed by atoms with Gasteiger partial charge in [-0.2, -0.15) is 0 Å². The molecule has 2 rings (SSSR count). The van der Waals surface area contributed by atoms with E-state index in [1.807, 2.05) is 18.2 Å². The Morgan fingerprint density at radius 3 is 2.38 bits per heavy atom. The van der Waals surface area contributed by atoms with Gasteiger partial charge in [0.05, 0.1) is 5.69 Å². The summed E-state index contributed by atoms with van der Waals surface area (Å²) in [6, 6.07) is 5.73. The SMILES string of the molecule is CC(C)(C)C1(C(O)c2ccccn2)C[CH]C1. The number of pyridine rings is 1. The van der Waals surface area contributed by atoms with E-state index < -0.39 is 6.10 Å². The normalized spacial score (nSPS) is 21.2.